The highest BCUT2D eigenvalue weighted by atomic mass is 16.5. The number of carbonyl (C=O) groups excluding carboxylic acids is 2. The second-order valence-electron chi connectivity index (χ2n) is 10.2. The average molecular weight is 554 g/mol. The molecule has 1 aliphatic rings. The number of fused-ring (bicyclic) bond motifs is 1. The third-order valence-corrected chi connectivity index (χ3v) is 6.81. The van der Waals surface area contributed by atoms with Crippen LogP contribution in [0, 0.1) is 0 Å². The minimum Gasteiger partial charge on any atom is -0.497 e. The fourth-order valence-corrected chi connectivity index (χ4v) is 5.06. The molecule has 0 amide bonds. The first kappa shape index (κ1) is 27.6. The van der Waals surface area contributed by atoms with Crippen LogP contribution in [0.3, 0.4) is 0 Å². The summed E-state index contributed by atoms with van der Waals surface area (Å²) in [5, 5.41) is 3.56. The van der Waals surface area contributed by atoms with Gasteiger partial charge in [0.2, 0.25) is 5.76 Å². The SMILES string of the molecule is COc1ccc(C(=O)OCc2c(-c3ccc(OC(=O)c4ccco4)cc3OC)ccc3c2C(C)=CC(C)(C)N3)cc1. The van der Waals surface area contributed by atoms with E-state index in [1.54, 1.807) is 56.7 Å². The number of hydrogen-bond acceptors (Lipinski definition) is 8. The minimum atomic E-state index is -0.612. The highest BCUT2D eigenvalue weighted by Crippen LogP contribution is 2.43. The van der Waals surface area contributed by atoms with Gasteiger partial charge in [-0.25, -0.2) is 9.59 Å². The molecule has 0 spiro atoms. The first-order chi connectivity index (χ1) is 19.7. The molecule has 8 heteroatoms. The van der Waals surface area contributed by atoms with E-state index >= 15 is 0 Å². The molecule has 0 atom stereocenters. The van der Waals surface area contributed by atoms with E-state index in [1.807, 2.05) is 18.2 Å². The largest absolute Gasteiger partial charge is 0.497 e. The number of ether oxygens (including phenoxy) is 4. The summed E-state index contributed by atoms with van der Waals surface area (Å²) < 4.78 is 27.4. The van der Waals surface area contributed by atoms with Crippen molar-refractivity contribution in [2.45, 2.75) is 32.9 Å². The lowest BCUT2D eigenvalue weighted by Gasteiger charge is -2.33. The lowest BCUT2D eigenvalue weighted by molar-refractivity contribution is 0.0472. The summed E-state index contributed by atoms with van der Waals surface area (Å²) in [4.78, 5) is 25.4. The van der Waals surface area contributed by atoms with Crippen molar-refractivity contribution in [3.8, 4) is 28.4 Å². The van der Waals surface area contributed by atoms with Crippen molar-refractivity contribution in [1.29, 1.82) is 0 Å². The number of esters is 2. The Kier molecular flexibility index (Phi) is 7.57. The van der Waals surface area contributed by atoms with Crippen LogP contribution in [0.15, 0.2) is 83.5 Å². The number of carbonyl (C=O) groups is 2. The van der Waals surface area contributed by atoms with Gasteiger partial charge in [0.25, 0.3) is 0 Å². The molecule has 3 aromatic carbocycles. The molecule has 0 fully saturated rings. The molecule has 0 saturated carbocycles. The van der Waals surface area contributed by atoms with Crippen LogP contribution in [0.4, 0.5) is 5.69 Å². The maximum atomic E-state index is 13.0. The van der Waals surface area contributed by atoms with Gasteiger partial charge < -0.3 is 28.7 Å². The molecule has 1 aliphatic heterocycles. The Hall–Kier alpha value is -4.98. The van der Waals surface area contributed by atoms with E-state index in [9.17, 15) is 9.59 Å². The maximum Gasteiger partial charge on any atom is 0.379 e. The second-order valence-corrected chi connectivity index (χ2v) is 10.2. The second kappa shape index (κ2) is 11.3. The zero-order chi connectivity index (χ0) is 29.1. The number of nitrogens with one attached hydrogen (secondary N) is 1. The summed E-state index contributed by atoms with van der Waals surface area (Å²) in [5.41, 5.74) is 5.53. The van der Waals surface area contributed by atoms with E-state index in [0.717, 1.165) is 33.5 Å². The van der Waals surface area contributed by atoms with Crippen LogP contribution < -0.4 is 19.5 Å². The van der Waals surface area contributed by atoms with Gasteiger partial charge in [-0.3, -0.25) is 0 Å². The summed E-state index contributed by atoms with van der Waals surface area (Å²) in [6.45, 7) is 6.27. The summed E-state index contributed by atoms with van der Waals surface area (Å²) in [6, 6.07) is 19.1. The van der Waals surface area contributed by atoms with E-state index in [2.05, 4.69) is 32.2 Å². The van der Waals surface area contributed by atoms with Gasteiger partial charge >= 0.3 is 11.9 Å². The predicted molar refractivity (Wildman–Crippen MR) is 156 cm³/mol. The van der Waals surface area contributed by atoms with Gasteiger partial charge in [0.15, 0.2) is 0 Å². The van der Waals surface area contributed by atoms with E-state index < -0.39 is 11.9 Å². The average Bonchev–Trinajstić information content (AvgIpc) is 3.50. The van der Waals surface area contributed by atoms with E-state index in [-0.39, 0.29) is 17.9 Å². The molecule has 0 radical (unpaired) electrons. The summed E-state index contributed by atoms with van der Waals surface area (Å²) in [7, 11) is 3.12. The van der Waals surface area contributed by atoms with Crippen LogP contribution in [0.25, 0.3) is 16.7 Å². The number of allylic oxidation sites excluding steroid dienone is 1. The topological polar surface area (TPSA) is 96.2 Å². The van der Waals surface area contributed by atoms with Crippen molar-refractivity contribution >= 4 is 23.2 Å². The minimum absolute atomic E-state index is 0.0229. The molecule has 210 valence electrons. The lowest BCUT2D eigenvalue weighted by atomic mass is 9.85. The predicted octanol–water partition coefficient (Wildman–Crippen LogP) is 7.15. The number of hydrogen-bond donors (Lipinski definition) is 1. The molecule has 1 N–H and O–H groups in total. The molecule has 5 rings (SSSR count). The molecule has 41 heavy (non-hydrogen) atoms. The zero-order valence-electron chi connectivity index (χ0n) is 23.6. The Bertz CT molecular complexity index is 1620. The number of furan rings is 1. The van der Waals surface area contributed by atoms with Gasteiger partial charge in [-0.2, -0.15) is 0 Å². The molecular formula is C33H31NO7. The number of rotatable bonds is 8. The van der Waals surface area contributed by atoms with Crippen LogP contribution in [-0.2, 0) is 11.3 Å². The lowest BCUT2D eigenvalue weighted by Crippen LogP contribution is -2.32. The standard InChI is InChI=1S/C33H31NO7/c1-20-18-33(2,3)34-27-15-14-24(26(30(20)27)19-40-31(35)21-8-10-22(37-4)11-9-21)25-13-12-23(17-29(25)38-5)41-32(36)28-7-6-16-39-28/h6-18,34H,19H2,1-5H3. The highest BCUT2D eigenvalue weighted by Gasteiger charge is 2.27. The van der Waals surface area contributed by atoms with E-state index in [4.69, 9.17) is 23.4 Å². The molecule has 0 unspecified atom stereocenters. The van der Waals surface area contributed by atoms with Crippen molar-refractivity contribution in [3.63, 3.8) is 0 Å². The molecule has 0 saturated heterocycles. The number of anilines is 1. The Labute approximate surface area is 238 Å². The molecular weight excluding hydrogens is 522 g/mol. The summed E-state index contributed by atoms with van der Waals surface area (Å²) in [5.74, 6) is 0.482. The van der Waals surface area contributed by atoms with E-state index in [0.29, 0.717) is 22.8 Å². The molecule has 2 heterocycles. The summed E-state index contributed by atoms with van der Waals surface area (Å²) in [6.07, 6.45) is 3.56. The Morgan fingerprint density at radius 2 is 1.61 bits per heavy atom. The zero-order valence-corrected chi connectivity index (χ0v) is 23.6. The van der Waals surface area contributed by atoms with E-state index in [1.165, 1.54) is 12.3 Å². The third kappa shape index (κ3) is 5.82. The molecule has 4 aromatic rings. The smallest absolute Gasteiger partial charge is 0.379 e. The normalized spacial score (nSPS) is 13.3. The molecule has 0 bridgehead atoms. The van der Waals surface area contributed by atoms with Gasteiger partial charge in [0.1, 0.15) is 23.9 Å². The van der Waals surface area contributed by atoms with Crippen LogP contribution >= 0.6 is 0 Å². The Balaban J connectivity index is 1.52. The maximum absolute atomic E-state index is 13.0. The fourth-order valence-electron chi connectivity index (χ4n) is 5.06. The van der Waals surface area contributed by atoms with Crippen molar-refractivity contribution < 1.29 is 33.0 Å². The number of methoxy groups -OCH3 is 2. The number of benzene rings is 3. The van der Waals surface area contributed by atoms with Gasteiger partial charge in [-0.05, 0) is 86.5 Å². The molecule has 1 aromatic heterocycles. The Morgan fingerprint density at radius 1 is 0.878 bits per heavy atom. The third-order valence-electron chi connectivity index (χ3n) is 6.81. The fraction of sp³-hybridized carbons (Fsp3) is 0.212. The van der Waals surface area contributed by atoms with Crippen LogP contribution in [0.2, 0.25) is 0 Å². The van der Waals surface area contributed by atoms with Gasteiger partial charge in [0.05, 0.1) is 31.6 Å². The van der Waals surface area contributed by atoms with Crippen LogP contribution in [0.5, 0.6) is 17.2 Å². The van der Waals surface area contributed by atoms with Crippen molar-refractivity contribution in [2.24, 2.45) is 0 Å². The molecule has 0 aliphatic carbocycles. The van der Waals surface area contributed by atoms with Crippen molar-refractivity contribution in [2.75, 3.05) is 19.5 Å². The first-order valence-corrected chi connectivity index (χ1v) is 13.1. The highest BCUT2D eigenvalue weighted by molar-refractivity contribution is 5.92. The van der Waals surface area contributed by atoms with Gasteiger partial charge in [0, 0.05) is 28.4 Å². The summed E-state index contributed by atoms with van der Waals surface area (Å²) >= 11 is 0. The Morgan fingerprint density at radius 3 is 2.29 bits per heavy atom. The van der Waals surface area contributed by atoms with Crippen molar-refractivity contribution in [3.05, 3.63) is 102 Å². The van der Waals surface area contributed by atoms with Crippen molar-refractivity contribution in [1.82, 2.24) is 0 Å². The van der Waals surface area contributed by atoms with Gasteiger partial charge in [-0.1, -0.05) is 12.1 Å². The van der Waals surface area contributed by atoms with Crippen LogP contribution in [0.1, 0.15) is 52.8 Å². The molecule has 8 nitrogen and oxygen atoms in total. The monoisotopic (exact) mass is 553 g/mol. The first-order valence-electron chi connectivity index (χ1n) is 13.1. The van der Waals surface area contributed by atoms with Gasteiger partial charge in [-0.15, -0.1) is 0 Å². The van der Waals surface area contributed by atoms with Crippen LogP contribution in [-0.4, -0.2) is 31.7 Å². The quantitative estimate of drug-likeness (QED) is 0.182.